The Morgan fingerprint density at radius 3 is 2.95 bits per heavy atom. The Bertz CT molecular complexity index is 606. The number of ether oxygens (including phenoxy) is 1. The highest BCUT2D eigenvalue weighted by atomic mass is 16.5. The Balaban J connectivity index is 1.95. The third kappa shape index (κ3) is 3.24. The number of rotatable bonds is 6. The molecule has 106 valence electrons. The molecule has 0 spiro atoms. The largest absolute Gasteiger partial charge is 0.493 e. The van der Waals surface area contributed by atoms with Crippen molar-refractivity contribution >= 4 is 16.9 Å². The van der Waals surface area contributed by atoms with Gasteiger partial charge in [-0.05, 0) is 44.0 Å². The Hall–Kier alpha value is -2.14. The topological polar surface area (TPSA) is 85.4 Å². The molecule has 0 bridgehead atoms. The molecule has 2 rings (SSSR count). The van der Waals surface area contributed by atoms with Gasteiger partial charge in [0.2, 0.25) is 0 Å². The van der Waals surface area contributed by atoms with Crippen molar-refractivity contribution in [3.8, 4) is 5.75 Å². The van der Waals surface area contributed by atoms with Crippen LogP contribution in [0, 0.1) is 0 Å². The first-order valence-corrected chi connectivity index (χ1v) is 6.49. The van der Waals surface area contributed by atoms with Gasteiger partial charge in [0.15, 0.2) is 0 Å². The molecule has 5 heteroatoms. The van der Waals surface area contributed by atoms with Gasteiger partial charge >= 0.3 is 5.97 Å². The van der Waals surface area contributed by atoms with Gasteiger partial charge in [-0.3, -0.25) is 9.78 Å². The van der Waals surface area contributed by atoms with Gasteiger partial charge in [0, 0.05) is 11.6 Å². The first-order valence-electron chi connectivity index (χ1n) is 6.49. The number of carboxylic acid groups (broad SMARTS) is 1. The quantitative estimate of drug-likeness (QED) is 0.789. The van der Waals surface area contributed by atoms with Crippen LogP contribution in [0.3, 0.4) is 0 Å². The number of benzene rings is 1. The van der Waals surface area contributed by atoms with Crippen molar-refractivity contribution in [3.05, 3.63) is 36.5 Å². The highest BCUT2D eigenvalue weighted by Gasteiger charge is 2.26. The van der Waals surface area contributed by atoms with Crippen LogP contribution in [-0.2, 0) is 4.79 Å². The van der Waals surface area contributed by atoms with E-state index in [1.807, 2.05) is 30.3 Å². The molecule has 0 aliphatic carbocycles. The monoisotopic (exact) mass is 274 g/mol. The molecule has 0 radical (unpaired) electrons. The zero-order valence-electron chi connectivity index (χ0n) is 11.4. The van der Waals surface area contributed by atoms with Gasteiger partial charge in [0.25, 0.3) is 0 Å². The average Bonchev–Trinajstić information content (AvgIpc) is 2.43. The summed E-state index contributed by atoms with van der Waals surface area (Å²) in [6.45, 7) is 1.94. The minimum absolute atomic E-state index is 0.366. The number of carboxylic acids is 1. The molecule has 0 saturated carbocycles. The number of aliphatic carboxylic acids is 1. The van der Waals surface area contributed by atoms with Crippen LogP contribution in [-0.4, -0.2) is 28.2 Å². The minimum atomic E-state index is -1.20. The fourth-order valence-electron chi connectivity index (χ4n) is 1.93. The number of carbonyl (C=O) groups is 1. The van der Waals surface area contributed by atoms with Crippen LogP contribution in [0.25, 0.3) is 10.9 Å². The molecule has 0 saturated heterocycles. The van der Waals surface area contributed by atoms with E-state index in [1.165, 1.54) is 6.92 Å². The molecule has 2 aromatic rings. The normalized spacial score (nSPS) is 13.9. The van der Waals surface area contributed by atoms with Crippen LogP contribution in [0.4, 0.5) is 0 Å². The fourth-order valence-corrected chi connectivity index (χ4v) is 1.93. The zero-order chi connectivity index (χ0) is 14.6. The standard InChI is InChI=1S/C15H18N2O3/c1-15(16,14(18)19)8-4-10-20-13-7-2-6-12-11(13)5-3-9-17-12/h2-3,5-7,9H,4,8,10,16H2,1H3,(H,18,19). The maximum absolute atomic E-state index is 10.9. The molecular formula is C15H18N2O3. The molecule has 0 aliphatic heterocycles. The maximum atomic E-state index is 10.9. The predicted octanol–water partition coefficient (Wildman–Crippen LogP) is 2.20. The van der Waals surface area contributed by atoms with Gasteiger partial charge in [-0.2, -0.15) is 0 Å². The van der Waals surface area contributed by atoms with E-state index in [0.717, 1.165) is 16.7 Å². The van der Waals surface area contributed by atoms with E-state index in [1.54, 1.807) is 6.20 Å². The maximum Gasteiger partial charge on any atom is 0.323 e. The molecule has 5 nitrogen and oxygen atoms in total. The van der Waals surface area contributed by atoms with Crippen molar-refractivity contribution in [3.63, 3.8) is 0 Å². The zero-order valence-corrected chi connectivity index (χ0v) is 11.4. The second kappa shape index (κ2) is 5.88. The van der Waals surface area contributed by atoms with Gasteiger partial charge in [-0.15, -0.1) is 0 Å². The molecule has 0 amide bonds. The summed E-state index contributed by atoms with van der Waals surface area (Å²) in [4.78, 5) is 15.1. The van der Waals surface area contributed by atoms with Crippen molar-refractivity contribution in [1.29, 1.82) is 0 Å². The Labute approximate surface area is 117 Å². The number of fused-ring (bicyclic) bond motifs is 1. The SMILES string of the molecule is CC(N)(CCCOc1cccc2ncccc12)C(=O)O. The molecule has 1 heterocycles. The minimum Gasteiger partial charge on any atom is -0.493 e. The molecule has 1 aromatic heterocycles. The number of hydrogen-bond donors (Lipinski definition) is 2. The first-order chi connectivity index (χ1) is 9.50. The molecule has 20 heavy (non-hydrogen) atoms. The summed E-state index contributed by atoms with van der Waals surface area (Å²) in [5, 5.41) is 9.87. The van der Waals surface area contributed by atoms with Crippen molar-refractivity contribution in [2.75, 3.05) is 6.61 Å². The van der Waals surface area contributed by atoms with Crippen molar-refractivity contribution in [2.24, 2.45) is 5.73 Å². The lowest BCUT2D eigenvalue weighted by molar-refractivity contribution is -0.142. The van der Waals surface area contributed by atoms with E-state index in [2.05, 4.69) is 4.98 Å². The fraction of sp³-hybridized carbons (Fsp3) is 0.333. The van der Waals surface area contributed by atoms with Crippen molar-refractivity contribution in [1.82, 2.24) is 4.98 Å². The van der Waals surface area contributed by atoms with Gasteiger partial charge in [0.1, 0.15) is 11.3 Å². The van der Waals surface area contributed by atoms with Gasteiger partial charge < -0.3 is 15.6 Å². The number of nitrogens with zero attached hydrogens (tertiary/aromatic N) is 1. The van der Waals surface area contributed by atoms with E-state index in [-0.39, 0.29) is 0 Å². The third-order valence-electron chi connectivity index (χ3n) is 3.19. The van der Waals surface area contributed by atoms with E-state index in [0.29, 0.717) is 19.4 Å². The second-order valence-corrected chi connectivity index (χ2v) is 5.00. The molecule has 1 aromatic carbocycles. The molecular weight excluding hydrogens is 256 g/mol. The van der Waals surface area contributed by atoms with Gasteiger partial charge in [0.05, 0.1) is 12.1 Å². The Morgan fingerprint density at radius 1 is 1.40 bits per heavy atom. The van der Waals surface area contributed by atoms with Crippen LogP contribution in [0.15, 0.2) is 36.5 Å². The van der Waals surface area contributed by atoms with Gasteiger partial charge in [-0.1, -0.05) is 6.07 Å². The number of nitrogens with two attached hydrogens (primary N) is 1. The second-order valence-electron chi connectivity index (χ2n) is 5.00. The number of hydrogen-bond acceptors (Lipinski definition) is 4. The van der Waals surface area contributed by atoms with E-state index >= 15 is 0 Å². The third-order valence-corrected chi connectivity index (χ3v) is 3.19. The van der Waals surface area contributed by atoms with E-state index in [9.17, 15) is 4.79 Å². The molecule has 0 aliphatic rings. The van der Waals surface area contributed by atoms with Crippen molar-refractivity contribution in [2.45, 2.75) is 25.3 Å². The number of pyridine rings is 1. The highest BCUT2D eigenvalue weighted by molar-refractivity contribution is 5.84. The molecule has 1 atom stereocenters. The van der Waals surface area contributed by atoms with Crippen LogP contribution in [0.5, 0.6) is 5.75 Å². The molecule has 1 unspecified atom stereocenters. The van der Waals surface area contributed by atoms with Crippen LogP contribution >= 0.6 is 0 Å². The Kier molecular flexibility index (Phi) is 4.20. The first kappa shape index (κ1) is 14.3. The summed E-state index contributed by atoms with van der Waals surface area (Å²) < 4.78 is 5.71. The Morgan fingerprint density at radius 2 is 2.20 bits per heavy atom. The summed E-state index contributed by atoms with van der Waals surface area (Å²) in [5.41, 5.74) is 5.33. The molecule has 0 fully saturated rings. The molecule has 3 N–H and O–H groups in total. The average molecular weight is 274 g/mol. The van der Waals surface area contributed by atoms with Crippen LogP contribution in [0.2, 0.25) is 0 Å². The van der Waals surface area contributed by atoms with Crippen molar-refractivity contribution < 1.29 is 14.6 Å². The lowest BCUT2D eigenvalue weighted by Crippen LogP contribution is -2.44. The highest BCUT2D eigenvalue weighted by Crippen LogP contribution is 2.24. The van der Waals surface area contributed by atoms with E-state index < -0.39 is 11.5 Å². The summed E-state index contributed by atoms with van der Waals surface area (Å²) in [5.74, 6) is -0.239. The smallest absolute Gasteiger partial charge is 0.323 e. The number of aromatic nitrogens is 1. The van der Waals surface area contributed by atoms with E-state index in [4.69, 9.17) is 15.6 Å². The van der Waals surface area contributed by atoms with Crippen LogP contribution in [0.1, 0.15) is 19.8 Å². The summed E-state index contributed by atoms with van der Waals surface area (Å²) in [6.07, 6.45) is 2.68. The van der Waals surface area contributed by atoms with Gasteiger partial charge in [-0.25, -0.2) is 0 Å². The summed E-state index contributed by atoms with van der Waals surface area (Å²) in [7, 11) is 0. The predicted molar refractivity (Wildman–Crippen MR) is 76.7 cm³/mol. The lowest BCUT2D eigenvalue weighted by Gasteiger charge is -2.18. The lowest BCUT2D eigenvalue weighted by atomic mass is 9.98. The van der Waals surface area contributed by atoms with Crippen LogP contribution < -0.4 is 10.5 Å². The summed E-state index contributed by atoms with van der Waals surface area (Å²) >= 11 is 0. The summed E-state index contributed by atoms with van der Waals surface area (Å²) in [6, 6.07) is 9.49.